The van der Waals surface area contributed by atoms with Crippen LogP contribution in [0.3, 0.4) is 0 Å². The first kappa shape index (κ1) is 32.9. The molecule has 6 rings (SSSR count). The van der Waals surface area contributed by atoms with E-state index in [1.165, 1.54) is 41.2 Å². The normalized spacial score (nSPS) is 12.6. The Bertz CT molecular complexity index is 1950. The largest absolute Gasteiger partial charge is 0.289 e. The van der Waals surface area contributed by atoms with Gasteiger partial charge in [0.25, 0.3) is 0 Å². The lowest BCUT2D eigenvalue weighted by atomic mass is 9.84. The lowest BCUT2D eigenvalue weighted by Gasteiger charge is -2.22. The van der Waals surface area contributed by atoms with Gasteiger partial charge in [-0.3, -0.25) is 9.59 Å². The Labute approximate surface area is 284 Å². The second-order valence-electron chi connectivity index (χ2n) is 12.9. The third-order valence-electron chi connectivity index (χ3n) is 8.53. The molecule has 0 radical (unpaired) electrons. The van der Waals surface area contributed by atoms with Crippen molar-refractivity contribution in [3.05, 3.63) is 142 Å². The Morgan fingerprint density at radius 1 is 0.617 bits per heavy atom. The van der Waals surface area contributed by atoms with Crippen molar-refractivity contribution in [2.75, 3.05) is 0 Å². The van der Waals surface area contributed by atoms with Gasteiger partial charge >= 0.3 is 0 Å². The average molecular weight is 663 g/mol. The highest BCUT2D eigenvalue weighted by Crippen LogP contribution is 2.42. The van der Waals surface area contributed by atoms with Crippen LogP contribution in [0.1, 0.15) is 89.9 Å². The molecule has 0 saturated carbocycles. The molecule has 0 aromatic heterocycles. The van der Waals surface area contributed by atoms with E-state index in [0.29, 0.717) is 44.7 Å². The molecule has 5 aromatic carbocycles. The van der Waals surface area contributed by atoms with Crippen molar-refractivity contribution in [3.8, 4) is 11.1 Å². The molecule has 0 N–H and O–H groups in total. The second-order valence-corrected chi connectivity index (χ2v) is 15.1. The smallest absolute Gasteiger partial charge is 0.195 e. The summed E-state index contributed by atoms with van der Waals surface area (Å²) in [7, 11) is 0. The first-order valence-electron chi connectivity index (χ1n) is 15.9. The molecule has 0 bridgehead atoms. The summed E-state index contributed by atoms with van der Waals surface area (Å²) in [5.41, 5.74) is 4.23. The van der Waals surface area contributed by atoms with Crippen LogP contribution in [0.4, 0.5) is 8.78 Å². The van der Waals surface area contributed by atoms with Crippen LogP contribution in [-0.2, 0) is 11.8 Å². The highest BCUT2D eigenvalue weighted by molar-refractivity contribution is 7.99. The Balaban J connectivity index is 1.24. The van der Waals surface area contributed by atoms with Crippen LogP contribution in [0.5, 0.6) is 0 Å². The van der Waals surface area contributed by atoms with Gasteiger partial charge in [0.2, 0.25) is 0 Å². The van der Waals surface area contributed by atoms with Crippen molar-refractivity contribution in [2.24, 2.45) is 0 Å². The molecule has 2 nitrogen and oxygen atoms in total. The number of carbonyl (C=O) groups is 2. The first-order chi connectivity index (χ1) is 22.5. The summed E-state index contributed by atoms with van der Waals surface area (Å²) < 4.78 is 29.6. The molecule has 0 atom stereocenters. The van der Waals surface area contributed by atoms with E-state index in [-0.39, 0.29) is 22.5 Å². The fraction of sp³-hybridized carbons (Fsp3) is 0.220. The van der Waals surface area contributed by atoms with Gasteiger partial charge in [-0.05, 0) is 83.5 Å². The molecule has 0 spiro atoms. The minimum atomic E-state index is -0.520. The molecule has 0 aliphatic heterocycles. The van der Waals surface area contributed by atoms with Gasteiger partial charge < -0.3 is 0 Å². The number of ketones is 2. The predicted molar refractivity (Wildman–Crippen MR) is 188 cm³/mol. The van der Waals surface area contributed by atoms with Gasteiger partial charge in [0, 0.05) is 47.4 Å². The van der Waals surface area contributed by atoms with E-state index >= 15 is 0 Å². The number of rotatable bonds is 9. The van der Waals surface area contributed by atoms with Crippen LogP contribution >= 0.6 is 23.5 Å². The summed E-state index contributed by atoms with van der Waals surface area (Å²) in [5.74, 6) is -1.38. The lowest BCUT2D eigenvalue weighted by Crippen LogP contribution is -2.22. The maximum atomic E-state index is 14.8. The lowest BCUT2D eigenvalue weighted by molar-refractivity contribution is 0.0974. The van der Waals surface area contributed by atoms with Crippen LogP contribution in [0.25, 0.3) is 11.1 Å². The number of benzene rings is 5. The summed E-state index contributed by atoms with van der Waals surface area (Å²) in [6, 6.07) is 29.4. The first-order valence-corrected chi connectivity index (χ1v) is 17.6. The van der Waals surface area contributed by atoms with E-state index in [0.717, 1.165) is 33.9 Å². The van der Waals surface area contributed by atoms with Crippen molar-refractivity contribution in [3.63, 3.8) is 0 Å². The number of hydrogen-bond acceptors (Lipinski definition) is 4. The molecule has 0 unspecified atom stereocenters. The minimum absolute atomic E-state index is 0.0392. The zero-order valence-electron chi connectivity index (χ0n) is 27.0. The Hall–Kier alpha value is -4.00. The van der Waals surface area contributed by atoms with Gasteiger partial charge in [-0.2, -0.15) is 0 Å². The molecule has 0 saturated heterocycles. The van der Waals surface area contributed by atoms with Gasteiger partial charge in [0.15, 0.2) is 11.6 Å². The molecule has 0 fully saturated rings. The Morgan fingerprint density at radius 3 is 1.57 bits per heavy atom. The van der Waals surface area contributed by atoms with Crippen molar-refractivity contribution >= 4 is 35.1 Å². The zero-order valence-corrected chi connectivity index (χ0v) is 28.6. The fourth-order valence-electron chi connectivity index (χ4n) is 5.90. The summed E-state index contributed by atoms with van der Waals surface area (Å²) in [4.78, 5) is 31.2. The number of unbranched alkanes of at least 4 members (excludes halogenated alkanes) is 2. The van der Waals surface area contributed by atoms with E-state index in [9.17, 15) is 18.4 Å². The standard InChI is InChI=1S/C41H36F2O2S2/c1-5-6-7-10-30-33(42)23-26(24-34(30)43)25-15-19-28(20-16-25)46-35-13-8-11-31-37(35)39(44)32-12-9-14-36(38(32)40(31)45)47-29-21-17-27(18-22-29)41(2,3)4/h8-9,11-24H,5-7,10H2,1-4H3. The summed E-state index contributed by atoms with van der Waals surface area (Å²) in [5, 5.41) is 0. The van der Waals surface area contributed by atoms with Crippen molar-refractivity contribution in [1.29, 1.82) is 0 Å². The molecule has 238 valence electrons. The monoisotopic (exact) mass is 662 g/mol. The predicted octanol–water partition coefficient (Wildman–Crippen LogP) is 11.7. The van der Waals surface area contributed by atoms with E-state index in [4.69, 9.17) is 0 Å². The molecule has 6 heteroatoms. The summed E-state index contributed by atoms with van der Waals surface area (Å²) in [6.45, 7) is 8.58. The third kappa shape index (κ3) is 6.86. The minimum Gasteiger partial charge on any atom is -0.289 e. The Morgan fingerprint density at radius 2 is 1.11 bits per heavy atom. The van der Waals surface area contributed by atoms with Crippen LogP contribution in [-0.4, -0.2) is 11.6 Å². The molecule has 1 aliphatic carbocycles. The average Bonchev–Trinajstić information content (AvgIpc) is 3.05. The van der Waals surface area contributed by atoms with E-state index < -0.39 is 11.6 Å². The molecule has 0 heterocycles. The van der Waals surface area contributed by atoms with Crippen LogP contribution < -0.4 is 0 Å². The van der Waals surface area contributed by atoms with Gasteiger partial charge in [0.05, 0.1) is 0 Å². The Kier molecular flexibility index (Phi) is 9.54. The number of fused-ring (bicyclic) bond motifs is 2. The van der Waals surface area contributed by atoms with Crippen molar-refractivity contribution in [1.82, 2.24) is 0 Å². The number of carbonyl (C=O) groups excluding carboxylic acids is 2. The zero-order chi connectivity index (χ0) is 33.3. The summed E-state index contributed by atoms with van der Waals surface area (Å²) in [6.07, 6.45) is 3.07. The van der Waals surface area contributed by atoms with E-state index in [1.807, 2.05) is 42.5 Å². The quantitative estimate of drug-likeness (QED) is 0.144. The van der Waals surface area contributed by atoms with E-state index in [1.54, 1.807) is 18.2 Å². The molecule has 47 heavy (non-hydrogen) atoms. The van der Waals surface area contributed by atoms with Crippen LogP contribution in [0, 0.1) is 11.6 Å². The van der Waals surface area contributed by atoms with Crippen LogP contribution in [0.15, 0.2) is 117 Å². The number of hydrogen-bond donors (Lipinski definition) is 0. The third-order valence-corrected chi connectivity index (χ3v) is 10.7. The van der Waals surface area contributed by atoms with Gasteiger partial charge in [0.1, 0.15) is 11.6 Å². The highest BCUT2D eigenvalue weighted by Gasteiger charge is 2.34. The van der Waals surface area contributed by atoms with Crippen molar-refractivity contribution in [2.45, 2.75) is 78.4 Å². The van der Waals surface area contributed by atoms with E-state index in [2.05, 4.69) is 52.0 Å². The molecular formula is C41H36F2O2S2. The maximum Gasteiger partial charge on any atom is 0.195 e. The number of halogens is 2. The molecule has 0 amide bonds. The molecule has 1 aliphatic rings. The molecule has 5 aromatic rings. The van der Waals surface area contributed by atoms with Gasteiger partial charge in [-0.25, -0.2) is 8.78 Å². The van der Waals surface area contributed by atoms with Crippen LogP contribution in [0.2, 0.25) is 0 Å². The van der Waals surface area contributed by atoms with Gasteiger partial charge in [-0.1, -0.05) is 113 Å². The molecular weight excluding hydrogens is 627 g/mol. The maximum absolute atomic E-state index is 14.8. The second kappa shape index (κ2) is 13.6. The topological polar surface area (TPSA) is 34.1 Å². The van der Waals surface area contributed by atoms with Crippen molar-refractivity contribution < 1.29 is 18.4 Å². The summed E-state index contributed by atoms with van der Waals surface area (Å²) >= 11 is 2.88. The SMILES string of the molecule is CCCCCc1c(F)cc(-c2ccc(Sc3cccc4c3C(=O)c3cccc(Sc5ccc(C(C)(C)C)cc5)c3C4=O)cc2)cc1F. The highest BCUT2D eigenvalue weighted by atomic mass is 32.2. The fourth-order valence-corrected chi connectivity index (χ4v) is 7.86. The van der Waals surface area contributed by atoms with Gasteiger partial charge in [-0.15, -0.1) is 0 Å².